The lowest BCUT2D eigenvalue weighted by atomic mass is 9.94. The highest BCUT2D eigenvalue weighted by Crippen LogP contribution is 2.18. The lowest BCUT2D eigenvalue weighted by Gasteiger charge is -2.41. The number of aliphatic hydroxyl groups is 2. The van der Waals surface area contributed by atoms with Crippen LogP contribution in [0.25, 0.3) is 0 Å². The van der Waals surface area contributed by atoms with Crippen LogP contribution in [0.4, 0.5) is 0 Å². The summed E-state index contributed by atoms with van der Waals surface area (Å²) in [6, 6.07) is 0. The molecule has 0 fully saturated rings. The van der Waals surface area contributed by atoms with Crippen LogP contribution in [0.2, 0.25) is 0 Å². The van der Waals surface area contributed by atoms with Crippen molar-refractivity contribution in [3.63, 3.8) is 0 Å². The van der Waals surface area contributed by atoms with Crippen molar-refractivity contribution in [2.75, 3.05) is 19.7 Å². The third-order valence-corrected chi connectivity index (χ3v) is 2.71. The van der Waals surface area contributed by atoms with Crippen LogP contribution in [0, 0.1) is 0 Å². The molecule has 0 amide bonds. The Labute approximate surface area is 75.0 Å². The molecular weight excluding hydrogens is 154 g/mol. The summed E-state index contributed by atoms with van der Waals surface area (Å²) < 4.78 is 0. The maximum absolute atomic E-state index is 9.50. The number of hydrogen-bond donors (Lipinski definition) is 2. The van der Waals surface area contributed by atoms with Crippen LogP contribution in [0.15, 0.2) is 0 Å². The molecule has 0 bridgehead atoms. The Balaban J connectivity index is 4.47. The molecule has 3 nitrogen and oxygen atoms in total. The number of hydrogen-bond acceptors (Lipinski definition) is 3. The topological polar surface area (TPSA) is 43.7 Å². The van der Waals surface area contributed by atoms with Gasteiger partial charge in [-0.1, -0.05) is 13.8 Å². The average molecular weight is 175 g/mol. The number of nitrogens with zero attached hydrogens (tertiary/aromatic N) is 1. The molecular formula is C9H21NO2. The monoisotopic (exact) mass is 175 g/mol. The van der Waals surface area contributed by atoms with Crippen molar-refractivity contribution in [1.82, 2.24) is 4.90 Å². The minimum Gasteiger partial charge on any atom is -0.394 e. The Hall–Kier alpha value is -0.120. The first kappa shape index (κ1) is 11.9. The van der Waals surface area contributed by atoms with Gasteiger partial charge >= 0.3 is 0 Å². The van der Waals surface area contributed by atoms with Gasteiger partial charge < -0.3 is 10.2 Å². The van der Waals surface area contributed by atoms with E-state index in [-0.39, 0.29) is 6.61 Å². The van der Waals surface area contributed by atoms with Crippen molar-refractivity contribution < 1.29 is 10.2 Å². The van der Waals surface area contributed by atoms with Crippen molar-refractivity contribution >= 4 is 0 Å². The Bertz CT molecular complexity index is 124. The zero-order valence-corrected chi connectivity index (χ0v) is 8.54. The summed E-state index contributed by atoms with van der Waals surface area (Å²) in [4.78, 5) is 2.07. The summed E-state index contributed by atoms with van der Waals surface area (Å²) in [6.07, 6.45) is -0.512. The molecule has 0 aromatic carbocycles. The molecule has 2 unspecified atom stereocenters. The first-order valence-corrected chi connectivity index (χ1v) is 4.56. The maximum atomic E-state index is 9.50. The summed E-state index contributed by atoms with van der Waals surface area (Å²) >= 11 is 0. The molecule has 0 aliphatic carbocycles. The fourth-order valence-corrected chi connectivity index (χ4v) is 1.44. The van der Waals surface area contributed by atoms with Gasteiger partial charge in [-0.15, -0.1) is 0 Å². The van der Waals surface area contributed by atoms with Crippen LogP contribution < -0.4 is 0 Å². The molecule has 0 aliphatic rings. The summed E-state index contributed by atoms with van der Waals surface area (Å²) in [5.41, 5.74) is -0.497. The maximum Gasteiger partial charge on any atom is 0.0715 e. The normalized spacial score (nSPS) is 19.2. The van der Waals surface area contributed by atoms with Crippen LogP contribution in [-0.4, -0.2) is 46.5 Å². The van der Waals surface area contributed by atoms with Gasteiger partial charge in [0.15, 0.2) is 0 Å². The Morgan fingerprint density at radius 3 is 1.83 bits per heavy atom. The molecule has 0 aliphatic heterocycles. The molecule has 0 rings (SSSR count). The van der Waals surface area contributed by atoms with Gasteiger partial charge in [0.1, 0.15) is 0 Å². The van der Waals surface area contributed by atoms with Crippen molar-refractivity contribution in [3.8, 4) is 0 Å². The summed E-state index contributed by atoms with van der Waals surface area (Å²) in [5, 5.41) is 18.7. The number of rotatable bonds is 5. The molecule has 3 heteroatoms. The van der Waals surface area contributed by atoms with Crippen LogP contribution in [0.5, 0.6) is 0 Å². The molecule has 0 radical (unpaired) electrons. The number of aliphatic hydroxyl groups excluding tert-OH is 2. The van der Waals surface area contributed by atoms with E-state index >= 15 is 0 Å². The Morgan fingerprint density at radius 2 is 1.75 bits per heavy atom. The first-order valence-electron chi connectivity index (χ1n) is 4.56. The first-order chi connectivity index (χ1) is 5.52. The predicted octanol–water partition coefficient (Wildman–Crippen LogP) is 0.460. The highest BCUT2D eigenvalue weighted by molar-refractivity contribution is 4.89. The van der Waals surface area contributed by atoms with Crippen LogP contribution in [0.1, 0.15) is 27.7 Å². The summed E-state index contributed by atoms with van der Waals surface area (Å²) in [5.74, 6) is 0. The molecule has 0 aromatic rings. The van der Waals surface area contributed by atoms with E-state index in [0.717, 1.165) is 13.1 Å². The van der Waals surface area contributed by atoms with E-state index in [0.29, 0.717) is 0 Å². The molecule has 12 heavy (non-hydrogen) atoms. The standard InChI is InChI=1S/C9H21NO2/c1-5-10(6-2)9(4,7-11)8(3)12/h8,11-12H,5-7H2,1-4H3. The molecule has 0 saturated heterocycles. The van der Waals surface area contributed by atoms with Gasteiger partial charge in [0.05, 0.1) is 18.2 Å². The average Bonchev–Trinajstić information content (AvgIpc) is 2.05. The second kappa shape index (κ2) is 4.80. The fourth-order valence-electron chi connectivity index (χ4n) is 1.44. The molecule has 2 atom stereocenters. The van der Waals surface area contributed by atoms with Gasteiger partial charge in [0.25, 0.3) is 0 Å². The lowest BCUT2D eigenvalue weighted by molar-refractivity contribution is -0.0408. The molecule has 0 aromatic heterocycles. The quantitative estimate of drug-likeness (QED) is 0.638. The van der Waals surface area contributed by atoms with Crippen LogP contribution in [-0.2, 0) is 0 Å². The zero-order valence-electron chi connectivity index (χ0n) is 8.54. The minimum absolute atomic E-state index is 0.00759. The second-order valence-corrected chi connectivity index (χ2v) is 3.36. The van der Waals surface area contributed by atoms with E-state index < -0.39 is 11.6 Å². The van der Waals surface area contributed by atoms with Gasteiger partial charge in [-0.05, 0) is 26.9 Å². The predicted molar refractivity (Wildman–Crippen MR) is 50.1 cm³/mol. The van der Waals surface area contributed by atoms with Gasteiger partial charge in [-0.3, -0.25) is 4.90 Å². The Kier molecular flexibility index (Phi) is 4.75. The largest absolute Gasteiger partial charge is 0.394 e. The van der Waals surface area contributed by atoms with E-state index in [1.165, 1.54) is 0 Å². The second-order valence-electron chi connectivity index (χ2n) is 3.36. The molecule has 0 heterocycles. The smallest absolute Gasteiger partial charge is 0.0715 e. The zero-order chi connectivity index (χ0) is 9.78. The van der Waals surface area contributed by atoms with E-state index in [4.69, 9.17) is 0 Å². The highest BCUT2D eigenvalue weighted by Gasteiger charge is 2.34. The van der Waals surface area contributed by atoms with Crippen molar-refractivity contribution in [2.24, 2.45) is 0 Å². The van der Waals surface area contributed by atoms with E-state index in [1.54, 1.807) is 6.92 Å². The van der Waals surface area contributed by atoms with E-state index in [1.807, 2.05) is 20.8 Å². The van der Waals surface area contributed by atoms with Crippen molar-refractivity contribution in [1.29, 1.82) is 0 Å². The van der Waals surface area contributed by atoms with Gasteiger partial charge in [-0.2, -0.15) is 0 Å². The third kappa shape index (κ3) is 2.19. The van der Waals surface area contributed by atoms with E-state index in [2.05, 4.69) is 4.90 Å². The SMILES string of the molecule is CCN(CC)C(C)(CO)C(C)O. The van der Waals surface area contributed by atoms with Crippen LogP contribution in [0.3, 0.4) is 0 Å². The van der Waals surface area contributed by atoms with Crippen molar-refractivity contribution in [3.05, 3.63) is 0 Å². The minimum atomic E-state index is -0.512. The van der Waals surface area contributed by atoms with Crippen LogP contribution >= 0.6 is 0 Å². The number of likely N-dealkylation sites (N-methyl/N-ethyl adjacent to an activating group) is 1. The van der Waals surface area contributed by atoms with Gasteiger partial charge in [0, 0.05) is 0 Å². The van der Waals surface area contributed by atoms with Gasteiger partial charge in [-0.25, -0.2) is 0 Å². The Morgan fingerprint density at radius 1 is 1.33 bits per heavy atom. The molecule has 0 saturated carbocycles. The van der Waals surface area contributed by atoms with Gasteiger partial charge in [0.2, 0.25) is 0 Å². The lowest BCUT2D eigenvalue weighted by Crippen LogP contribution is -2.56. The molecule has 0 spiro atoms. The third-order valence-electron chi connectivity index (χ3n) is 2.71. The summed E-state index contributed by atoms with van der Waals surface area (Å²) in [6.45, 7) is 9.34. The fraction of sp³-hybridized carbons (Fsp3) is 1.00. The highest BCUT2D eigenvalue weighted by atomic mass is 16.3. The summed E-state index contributed by atoms with van der Waals surface area (Å²) in [7, 11) is 0. The molecule has 74 valence electrons. The molecule has 2 N–H and O–H groups in total. The van der Waals surface area contributed by atoms with E-state index in [9.17, 15) is 10.2 Å². The van der Waals surface area contributed by atoms with Crippen molar-refractivity contribution in [2.45, 2.75) is 39.3 Å².